The Labute approximate surface area is 140 Å². The zero-order chi connectivity index (χ0) is 17.1. The van der Waals surface area contributed by atoms with Gasteiger partial charge in [0.2, 0.25) is 11.9 Å². The summed E-state index contributed by atoms with van der Waals surface area (Å²) in [7, 11) is 1.59. The van der Waals surface area contributed by atoms with Gasteiger partial charge in [0.05, 0.1) is 13.7 Å². The van der Waals surface area contributed by atoms with Crippen LogP contribution in [0.5, 0.6) is 5.75 Å². The van der Waals surface area contributed by atoms with E-state index in [1.165, 1.54) is 0 Å². The lowest BCUT2D eigenvalue weighted by Gasteiger charge is -2.19. The maximum absolute atomic E-state index is 12.7. The summed E-state index contributed by atoms with van der Waals surface area (Å²) in [6.07, 6.45) is 0. The normalized spacial score (nSPS) is 13.6. The number of hydrogen-bond acceptors (Lipinski definition) is 6. The Hall–Kier alpha value is -2.96. The minimum Gasteiger partial charge on any atom is -0.497 e. The van der Waals surface area contributed by atoms with Gasteiger partial charge in [0.25, 0.3) is 5.91 Å². The lowest BCUT2D eigenvalue weighted by atomic mass is 10.2. The molecular weight excluding hydrogens is 306 g/mol. The topological polar surface area (TPSA) is 79.7 Å². The first-order valence-electron chi connectivity index (χ1n) is 7.66. The Kier molecular flexibility index (Phi) is 4.41. The van der Waals surface area contributed by atoms with Crippen LogP contribution in [0.25, 0.3) is 0 Å². The number of guanidine groups is 1. The number of anilines is 1. The highest BCUT2D eigenvalue weighted by Gasteiger charge is 2.25. The van der Waals surface area contributed by atoms with Gasteiger partial charge in [-0.1, -0.05) is 0 Å². The molecule has 2 heterocycles. The first kappa shape index (κ1) is 15.9. The van der Waals surface area contributed by atoms with Gasteiger partial charge in [-0.05, 0) is 44.2 Å². The van der Waals surface area contributed by atoms with E-state index in [1.807, 2.05) is 19.9 Å². The summed E-state index contributed by atoms with van der Waals surface area (Å²) in [4.78, 5) is 27.3. The van der Waals surface area contributed by atoms with E-state index in [1.54, 1.807) is 36.3 Å². The number of aromatic nitrogens is 2. The summed E-state index contributed by atoms with van der Waals surface area (Å²) in [5.74, 6) is 1.51. The largest absolute Gasteiger partial charge is 0.497 e. The summed E-state index contributed by atoms with van der Waals surface area (Å²) >= 11 is 0. The second kappa shape index (κ2) is 6.66. The van der Waals surface area contributed by atoms with Crippen molar-refractivity contribution in [3.63, 3.8) is 0 Å². The summed E-state index contributed by atoms with van der Waals surface area (Å²) in [5, 5.41) is 3.05. The SMILES string of the molecule is COc1ccc(C(=O)N2CCN=C2Nc2nc(C)cc(C)n2)cc1. The van der Waals surface area contributed by atoms with Crippen LogP contribution in [0.1, 0.15) is 21.7 Å². The van der Waals surface area contributed by atoms with Crippen LogP contribution in [-0.2, 0) is 0 Å². The molecule has 1 aromatic heterocycles. The van der Waals surface area contributed by atoms with E-state index < -0.39 is 0 Å². The number of hydrogen-bond donors (Lipinski definition) is 1. The van der Waals surface area contributed by atoms with Crippen LogP contribution in [-0.4, -0.2) is 46.9 Å². The number of amides is 1. The molecule has 1 aliphatic rings. The standard InChI is InChI=1S/C17H19N5O2/c1-11-10-12(2)20-16(19-11)21-17-18-8-9-22(17)15(23)13-4-6-14(24-3)7-5-13/h4-7,10H,8-9H2,1-3H3,(H,18,19,20,21). The van der Waals surface area contributed by atoms with Crippen molar-refractivity contribution in [1.82, 2.24) is 14.9 Å². The van der Waals surface area contributed by atoms with Crippen molar-refractivity contribution in [2.45, 2.75) is 13.8 Å². The van der Waals surface area contributed by atoms with Gasteiger partial charge in [-0.15, -0.1) is 0 Å². The van der Waals surface area contributed by atoms with E-state index in [9.17, 15) is 4.79 Å². The molecule has 1 aromatic carbocycles. The summed E-state index contributed by atoms with van der Waals surface area (Å²) < 4.78 is 5.12. The fourth-order valence-electron chi connectivity index (χ4n) is 2.52. The molecule has 124 valence electrons. The molecule has 7 nitrogen and oxygen atoms in total. The number of rotatable bonds is 3. The van der Waals surface area contributed by atoms with Crippen LogP contribution in [0, 0.1) is 13.8 Å². The molecule has 0 atom stereocenters. The number of aliphatic imine (C=N–C) groups is 1. The molecule has 0 unspecified atom stereocenters. The van der Waals surface area contributed by atoms with Crippen molar-refractivity contribution in [2.24, 2.45) is 4.99 Å². The molecule has 0 radical (unpaired) electrons. The van der Waals surface area contributed by atoms with Crippen molar-refractivity contribution in [1.29, 1.82) is 0 Å². The third-order valence-electron chi connectivity index (χ3n) is 3.63. The van der Waals surface area contributed by atoms with Crippen molar-refractivity contribution < 1.29 is 9.53 Å². The molecule has 0 aliphatic carbocycles. The lowest BCUT2D eigenvalue weighted by Crippen LogP contribution is -2.38. The minimum absolute atomic E-state index is 0.120. The Balaban J connectivity index is 1.78. The molecule has 1 aliphatic heterocycles. The highest BCUT2D eigenvalue weighted by Crippen LogP contribution is 2.15. The van der Waals surface area contributed by atoms with Crippen LogP contribution < -0.4 is 10.1 Å². The Bertz CT molecular complexity index is 766. The number of nitrogens with zero attached hydrogens (tertiary/aromatic N) is 4. The fourth-order valence-corrected chi connectivity index (χ4v) is 2.52. The Morgan fingerprint density at radius 2 is 1.83 bits per heavy atom. The Morgan fingerprint density at radius 1 is 1.17 bits per heavy atom. The van der Waals surface area contributed by atoms with E-state index in [4.69, 9.17) is 4.74 Å². The summed E-state index contributed by atoms with van der Waals surface area (Å²) in [6, 6.07) is 8.90. The van der Waals surface area contributed by atoms with Gasteiger partial charge >= 0.3 is 0 Å². The molecule has 0 saturated carbocycles. The van der Waals surface area contributed by atoms with E-state index in [0.717, 1.165) is 11.4 Å². The quantitative estimate of drug-likeness (QED) is 0.934. The molecule has 0 fully saturated rings. The second-order valence-corrected chi connectivity index (χ2v) is 5.49. The van der Waals surface area contributed by atoms with Gasteiger partial charge in [0.15, 0.2) is 0 Å². The van der Waals surface area contributed by atoms with E-state index >= 15 is 0 Å². The summed E-state index contributed by atoms with van der Waals surface area (Å²) in [6.45, 7) is 4.88. The first-order chi connectivity index (χ1) is 11.6. The average molecular weight is 325 g/mol. The van der Waals surface area contributed by atoms with Crippen molar-refractivity contribution >= 4 is 17.8 Å². The monoisotopic (exact) mass is 325 g/mol. The third-order valence-corrected chi connectivity index (χ3v) is 3.63. The van der Waals surface area contributed by atoms with Crippen LogP contribution in [0.2, 0.25) is 0 Å². The number of benzene rings is 1. The predicted molar refractivity (Wildman–Crippen MR) is 91.5 cm³/mol. The molecule has 1 amide bonds. The van der Waals surface area contributed by atoms with Crippen molar-refractivity contribution in [3.05, 3.63) is 47.3 Å². The zero-order valence-corrected chi connectivity index (χ0v) is 13.9. The highest BCUT2D eigenvalue weighted by atomic mass is 16.5. The predicted octanol–water partition coefficient (Wildman–Crippen LogP) is 2.03. The number of nitrogens with one attached hydrogen (secondary N) is 1. The summed E-state index contributed by atoms with van der Waals surface area (Å²) in [5.41, 5.74) is 2.29. The van der Waals surface area contributed by atoms with Crippen LogP contribution in [0.3, 0.4) is 0 Å². The van der Waals surface area contributed by atoms with Gasteiger partial charge in [0.1, 0.15) is 5.75 Å². The second-order valence-electron chi connectivity index (χ2n) is 5.49. The molecule has 7 heteroatoms. The van der Waals surface area contributed by atoms with Gasteiger partial charge in [-0.3, -0.25) is 20.0 Å². The molecule has 0 bridgehead atoms. The highest BCUT2D eigenvalue weighted by molar-refractivity contribution is 6.10. The maximum Gasteiger partial charge on any atom is 0.260 e. The molecular formula is C17H19N5O2. The van der Waals surface area contributed by atoms with Crippen molar-refractivity contribution in [2.75, 3.05) is 25.5 Å². The molecule has 0 spiro atoms. The van der Waals surface area contributed by atoms with Crippen LogP contribution >= 0.6 is 0 Å². The molecule has 0 saturated heterocycles. The number of ether oxygens (including phenoxy) is 1. The maximum atomic E-state index is 12.7. The van der Waals surface area contributed by atoms with Crippen LogP contribution in [0.4, 0.5) is 5.95 Å². The van der Waals surface area contributed by atoms with Gasteiger partial charge in [-0.2, -0.15) is 0 Å². The van der Waals surface area contributed by atoms with Crippen LogP contribution in [0.15, 0.2) is 35.3 Å². The fraction of sp³-hybridized carbons (Fsp3) is 0.294. The molecule has 24 heavy (non-hydrogen) atoms. The minimum atomic E-state index is -0.120. The number of carbonyl (C=O) groups is 1. The smallest absolute Gasteiger partial charge is 0.260 e. The van der Waals surface area contributed by atoms with Gasteiger partial charge < -0.3 is 4.74 Å². The molecule has 3 rings (SSSR count). The lowest BCUT2D eigenvalue weighted by molar-refractivity contribution is 0.0857. The average Bonchev–Trinajstić information content (AvgIpc) is 3.01. The van der Waals surface area contributed by atoms with Gasteiger partial charge in [-0.25, -0.2) is 9.97 Å². The Morgan fingerprint density at radius 3 is 2.46 bits per heavy atom. The number of carbonyl (C=O) groups excluding carboxylic acids is 1. The van der Waals surface area contributed by atoms with E-state index in [-0.39, 0.29) is 5.91 Å². The number of methoxy groups -OCH3 is 1. The van der Waals surface area contributed by atoms with Crippen molar-refractivity contribution in [3.8, 4) is 5.75 Å². The molecule has 2 aromatic rings. The number of aryl methyl sites for hydroxylation is 2. The van der Waals surface area contributed by atoms with E-state index in [0.29, 0.717) is 36.3 Å². The third kappa shape index (κ3) is 3.34. The first-order valence-corrected chi connectivity index (χ1v) is 7.66. The van der Waals surface area contributed by atoms with E-state index in [2.05, 4.69) is 20.3 Å². The zero-order valence-electron chi connectivity index (χ0n) is 13.9. The van der Waals surface area contributed by atoms with Gasteiger partial charge in [0, 0.05) is 23.5 Å². The molecule has 1 N–H and O–H groups in total.